The molecule has 0 aromatic heterocycles. The van der Waals surface area contributed by atoms with E-state index in [0.717, 1.165) is 35.6 Å². The SMILES string of the molecule is CCc1ccccc1NC(=O)N1CCS[C@H]1c1ccc(C(F)(F)F)cc1. The second-order valence-corrected chi connectivity index (χ2v) is 7.17. The lowest BCUT2D eigenvalue weighted by atomic mass is 10.1. The Kier molecular flexibility index (Phi) is 5.46. The average molecular weight is 380 g/mol. The third-order valence-electron chi connectivity index (χ3n) is 4.31. The quantitative estimate of drug-likeness (QED) is 0.757. The van der Waals surface area contributed by atoms with Gasteiger partial charge >= 0.3 is 12.2 Å². The molecular formula is C19H19F3N2OS. The normalized spacial score (nSPS) is 17.4. The monoisotopic (exact) mass is 380 g/mol. The van der Waals surface area contributed by atoms with E-state index in [4.69, 9.17) is 0 Å². The van der Waals surface area contributed by atoms with E-state index in [1.165, 1.54) is 12.1 Å². The molecule has 3 rings (SSSR count). The van der Waals surface area contributed by atoms with Crippen molar-refractivity contribution in [2.24, 2.45) is 0 Å². The third-order valence-corrected chi connectivity index (χ3v) is 5.58. The maximum atomic E-state index is 12.7. The molecule has 3 nitrogen and oxygen atoms in total. The molecule has 1 N–H and O–H groups in total. The van der Waals surface area contributed by atoms with E-state index in [2.05, 4.69) is 5.32 Å². The molecule has 2 aromatic rings. The molecule has 1 aliphatic rings. The number of alkyl halides is 3. The summed E-state index contributed by atoms with van der Waals surface area (Å²) in [6.45, 7) is 2.57. The number of thioether (sulfide) groups is 1. The number of amides is 2. The summed E-state index contributed by atoms with van der Waals surface area (Å²) >= 11 is 1.55. The van der Waals surface area contributed by atoms with Gasteiger partial charge in [0.1, 0.15) is 5.37 Å². The Morgan fingerprint density at radius 1 is 1.19 bits per heavy atom. The molecule has 0 aliphatic carbocycles. The van der Waals surface area contributed by atoms with Crippen molar-refractivity contribution in [3.63, 3.8) is 0 Å². The minimum atomic E-state index is -4.36. The predicted molar refractivity (Wildman–Crippen MR) is 98.2 cm³/mol. The van der Waals surface area contributed by atoms with E-state index in [0.29, 0.717) is 12.1 Å². The van der Waals surface area contributed by atoms with E-state index in [9.17, 15) is 18.0 Å². The largest absolute Gasteiger partial charge is 0.416 e. The van der Waals surface area contributed by atoms with Gasteiger partial charge in [0.2, 0.25) is 0 Å². The Bertz CT molecular complexity index is 777. The number of rotatable bonds is 3. The van der Waals surface area contributed by atoms with Crippen LogP contribution in [-0.2, 0) is 12.6 Å². The van der Waals surface area contributed by atoms with Crippen LogP contribution in [0.1, 0.15) is 29.0 Å². The summed E-state index contributed by atoms with van der Waals surface area (Å²) < 4.78 is 38.2. The number of anilines is 1. The first-order chi connectivity index (χ1) is 12.4. The number of aryl methyl sites for hydroxylation is 1. The van der Waals surface area contributed by atoms with Crippen LogP contribution in [0.3, 0.4) is 0 Å². The van der Waals surface area contributed by atoms with Crippen LogP contribution in [0.5, 0.6) is 0 Å². The molecule has 0 radical (unpaired) electrons. The zero-order chi connectivity index (χ0) is 18.7. The molecule has 1 heterocycles. The Balaban J connectivity index is 1.76. The number of benzene rings is 2. The minimum Gasteiger partial charge on any atom is -0.308 e. The van der Waals surface area contributed by atoms with Crippen molar-refractivity contribution in [2.45, 2.75) is 24.9 Å². The van der Waals surface area contributed by atoms with Gasteiger partial charge in [0.05, 0.1) is 5.56 Å². The Labute approximate surface area is 154 Å². The first-order valence-corrected chi connectivity index (χ1v) is 9.39. The summed E-state index contributed by atoms with van der Waals surface area (Å²) in [6, 6.07) is 12.4. The van der Waals surface area contributed by atoms with Gasteiger partial charge in [-0.05, 0) is 35.7 Å². The summed E-state index contributed by atoms with van der Waals surface area (Å²) in [5, 5.41) is 2.65. The van der Waals surface area contributed by atoms with Gasteiger partial charge in [-0.25, -0.2) is 4.79 Å². The average Bonchev–Trinajstić information content (AvgIpc) is 3.11. The van der Waals surface area contributed by atoms with Crippen LogP contribution >= 0.6 is 11.8 Å². The molecule has 2 amide bonds. The van der Waals surface area contributed by atoms with Crippen molar-refractivity contribution in [3.05, 3.63) is 65.2 Å². The molecule has 1 fully saturated rings. The summed E-state index contributed by atoms with van der Waals surface area (Å²) in [5.41, 5.74) is 1.82. The van der Waals surface area contributed by atoms with Crippen molar-refractivity contribution in [1.82, 2.24) is 4.90 Å². The highest BCUT2D eigenvalue weighted by Crippen LogP contribution is 2.39. The molecule has 138 valence electrons. The highest BCUT2D eigenvalue weighted by atomic mass is 32.2. The number of nitrogens with one attached hydrogen (secondary N) is 1. The second kappa shape index (κ2) is 7.61. The Morgan fingerprint density at radius 2 is 1.88 bits per heavy atom. The van der Waals surface area contributed by atoms with E-state index in [1.807, 2.05) is 31.2 Å². The minimum absolute atomic E-state index is 0.235. The van der Waals surface area contributed by atoms with E-state index >= 15 is 0 Å². The zero-order valence-corrected chi connectivity index (χ0v) is 15.0. The number of hydrogen-bond donors (Lipinski definition) is 1. The molecule has 7 heteroatoms. The lowest BCUT2D eigenvalue weighted by Gasteiger charge is -2.25. The summed E-state index contributed by atoms with van der Waals surface area (Å²) in [7, 11) is 0. The maximum absolute atomic E-state index is 12.7. The third kappa shape index (κ3) is 3.98. The predicted octanol–water partition coefficient (Wildman–Crippen LogP) is 5.55. The Hall–Kier alpha value is -2.15. The molecule has 2 aromatic carbocycles. The smallest absolute Gasteiger partial charge is 0.308 e. The molecule has 0 unspecified atom stereocenters. The standard InChI is InChI=1S/C19H19F3N2OS/c1-2-13-5-3-4-6-16(13)23-18(25)24-11-12-26-17(24)14-7-9-15(10-8-14)19(20,21)22/h3-10,17H,2,11-12H2,1H3,(H,23,25)/t17-/m0/s1. The van der Waals surface area contributed by atoms with Crippen LogP contribution in [0.2, 0.25) is 0 Å². The van der Waals surface area contributed by atoms with Gasteiger partial charge < -0.3 is 10.2 Å². The van der Waals surface area contributed by atoms with E-state index in [-0.39, 0.29) is 11.4 Å². The van der Waals surface area contributed by atoms with Crippen molar-refractivity contribution >= 4 is 23.5 Å². The molecule has 0 bridgehead atoms. The number of nitrogens with zero attached hydrogens (tertiary/aromatic N) is 1. The van der Waals surface area contributed by atoms with Crippen molar-refractivity contribution in [1.29, 1.82) is 0 Å². The van der Waals surface area contributed by atoms with Gasteiger partial charge in [-0.1, -0.05) is 37.3 Å². The lowest BCUT2D eigenvalue weighted by molar-refractivity contribution is -0.137. The summed E-state index contributed by atoms with van der Waals surface area (Å²) in [6.07, 6.45) is -3.56. The second-order valence-electron chi connectivity index (χ2n) is 5.98. The first kappa shape index (κ1) is 18.6. The zero-order valence-electron chi connectivity index (χ0n) is 14.2. The first-order valence-electron chi connectivity index (χ1n) is 8.34. The van der Waals surface area contributed by atoms with Gasteiger partial charge in [-0.2, -0.15) is 13.2 Å². The van der Waals surface area contributed by atoms with Crippen molar-refractivity contribution < 1.29 is 18.0 Å². The van der Waals surface area contributed by atoms with Gasteiger partial charge in [-0.15, -0.1) is 11.8 Å². The maximum Gasteiger partial charge on any atom is 0.416 e. The molecule has 0 saturated carbocycles. The fraction of sp³-hybridized carbons (Fsp3) is 0.316. The highest BCUT2D eigenvalue weighted by molar-refractivity contribution is 7.99. The van der Waals surface area contributed by atoms with Gasteiger partial charge in [0, 0.05) is 18.0 Å². The molecule has 26 heavy (non-hydrogen) atoms. The van der Waals surface area contributed by atoms with E-state index in [1.54, 1.807) is 16.7 Å². The van der Waals surface area contributed by atoms with Crippen molar-refractivity contribution in [2.75, 3.05) is 17.6 Å². The van der Waals surface area contributed by atoms with Gasteiger partial charge in [0.15, 0.2) is 0 Å². The van der Waals surface area contributed by atoms with Crippen LogP contribution < -0.4 is 5.32 Å². The topological polar surface area (TPSA) is 32.3 Å². The molecule has 0 spiro atoms. The van der Waals surface area contributed by atoms with Crippen LogP contribution in [0.4, 0.5) is 23.7 Å². The van der Waals surface area contributed by atoms with Gasteiger partial charge in [-0.3, -0.25) is 0 Å². The number of hydrogen-bond acceptors (Lipinski definition) is 2. The van der Waals surface area contributed by atoms with E-state index < -0.39 is 11.7 Å². The number of carbonyl (C=O) groups excluding carboxylic acids is 1. The molecule has 1 saturated heterocycles. The van der Waals surface area contributed by atoms with Crippen LogP contribution in [0, 0.1) is 0 Å². The number of halogens is 3. The highest BCUT2D eigenvalue weighted by Gasteiger charge is 2.33. The fourth-order valence-electron chi connectivity index (χ4n) is 2.93. The summed E-state index contributed by atoms with van der Waals surface area (Å²) in [5.74, 6) is 0.745. The van der Waals surface area contributed by atoms with Crippen molar-refractivity contribution in [3.8, 4) is 0 Å². The summed E-state index contributed by atoms with van der Waals surface area (Å²) in [4.78, 5) is 14.4. The number of carbonyl (C=O) groups is 1. The Morgan fingerprint density at radius 3 is 2.54 bits per heavy atom. The lowest BCUT2D eigenvalue weighted by Crippen LogP contribution is -2.34. The van der Waals surface area contributed by atoms with Crippen LogP contribution in [-0.4, -0.2) is 23.2 Å². The number of para-hydroxylation sites is 1. The molecule has 1 aliphatic heterocycles. The molecular weight excluding hydrogens is 361 g/mol. The molecule has 1 atom stereocenters. The number of urea groups is 1. The van der Waals surface area contributed by atoms with Crippen LogP contribution in [0.25, 0.3) is 0 Å². The van der Waals surface area contributed by atoms with Crippen LogP contribution in [0.15, 0.2) is 48.5 Å². The fourth-order valence-corrected chi connectivity index (χ4v) is 4.18. The van der Waals surface area contributed by atoms with Gasteiger partial charge in [0.25, 0.3) is 0 Å².